The van der Waals surface area contributed by atoms with Gasteiger partial charge in [-0.1, -0.05) is 29.8 Å². The molecule has 0 atom stereocenters. The fraction of sp³-hybridized carbons (Fsp3) is 0.417. The first-order valence-electron chi connectivity index (χ1n) is 5.43. The van der Waals surface area contributed by atoms with Crippen LogP contribution in [0.5, 0.6) is 0 Å². The van der Waals surface area contributed by atoms with E-state index < -0.39 is 0 Å². The summed E-state index contributed by atoms with van der Waals surface area (Å²) >= 11 is 5.26. The Bertz CT molecular complexity index is 479. The van der Waals surface area contributed by atoms with E-state index in [2.05, 4.69) is 52.2 Å². The maximum atomic E-state index is 4.61. The summed E-state index contributed by atoms with van der Waals surface area (Å²) in [6.45, 7) is 5.32. The van der Waals surface area contributed by atoms with E-state index in [1.165, 1.54) is 9.71 Å². The molecule has 1 aromatic heterocycles. The molecule has 4 heteroatoms. The zero-order valence-corrected chi connectivity index (χ0v) is 11.9. The van der Waals surface area contributed by atoms with Crippen LogP contribution in [0.1, 0.15) is 18.9 Å². The Balaban J connectivity index is 2.08. The van der Waals surface area contributed by atoms with Crippen molar-refractivity contribution in [3.8, 4) is 0 Å². The minimum Gasteiger partial charge on any atom is -0.314 e. The van der Waals surface area contributed by atoms with E-state index in [9.17, 15) is 0 Å². The molecule has 0 radical (unpaired) electrons. The first-order valence-corrected chi connectivity index (χ1v) is 7.04. The summed E-state index contributed by atoms with van der Waals surface area (Å²) in [5.41, 5.74) is 1.10. The maximum absolute atomic E-state index is 4.61. The van der Waals surface area contributed by atoms with Crippen LogP contribution < -0.4 is 5.32 Å². The van der Waals surface area contributed by atoms with E-state index in [0.717, 1.165) is 23.0 Å². The van der Waals surface area contributed by atoms with Gasteiger partial charge in [-0.05, 0) is 18.2 Å². The Labute approximate surface area is 108 Å². The van der Waals surface area contributed by atoms with Gasteiger partial charge in [-0.3, -0.25) is 0 Å². The van der Waals surface area contributed by atoms with Gasteiger partial charge in [0.15, 0.2) is 0 Å². The average Bonchev–Trinajstić information content (AvgIpc) is 2.58. The fourth-order valence-corrected chi connectivity index (χ4v) is 3.04. The van der Waals surface area contributed by atoms with E-state index in [1.54, 1.807) is 11.3 Å². The molecule has 86 valence electrons. The normalized spacial score (nSPS) is 11.5. The van der Waals surface area contributed by atoms with Crippen LogP contribution in [0, 0.1) is 0 Å². The lowest BCUT2D eigenvalue weighted by Crippen LogP contribution is -2.24. The Hall–Kier alpha value is -0.450. The second kappa shape index (κ2) is 5.25. The first kappa shape index (κ1) is 12.0. The zero-order chi connectivity index (χ0) is 11.5. The second-order valence-electron chi connectivity index (χ2n) is 4.08. The summed E-state index contributed by atoms with van der Waals surface area (Å²) in [4.78, 5) is 4.61. The highest BCUT2D eigenvalue weighted by molar-refractivity contribution is 9.10. The third kappa shape index (κ3) is 3.03. The summed E-state index contributed by atoms with van der Waals surface area (Å²) in [6, 6.07) is 6.78. The third-order valence-electron chi connectivity index (χ3n) is 2.29. The van der Waals surface area contributed by atoms with Gasteiger partial charge in [-0.25, -0.2) is 4.98 Å². The quantitative estimate of drug-likeness (QED) is 0.933. The minimum absolute atomic E-state index is 0.545. The van der Waals surface area contributed by atoms with Gasteiger partial charge in [0.25, 0.3) is 0 Å². The highest BCUT2D eigenvalue weighted by Crippen LogP contribution is 2.25. The van der Waals surface area contributed by atoms with Gasteiger partial charge in [0.1, 0.15) is 0 Å². The van der Waals surface area contributed by atoms with Crippen molar-refractivity contribution in [3.05, 3.63) is 27.7 Å². The van der Waals surface area contributed by atoms with Crippen molar-refractivity contribution in [1.82, 2.24) is 10.3 Å². The number of rotatable bonds is 4. The minimum atomic E-state index is 0.545. The lowest BCUT2D eigenvalue weighted by atomic mass is 10.3. The van der Waals surface area contributed by atoms with Crippen molar-refractivity contribution in [3.63, 3.8) is 0 Å². The van der Waals surface area contributed by atoms with Crippen LogP contribution in [0.25, 0.3) is 10.2 Å². The van der Waals surface area contributed by atoms with Crippen LogP contribution in [0.2, 0.25) is 0 Å². The van der Waals surface area contributed by atoms with Crippen molar-refractivity contribution in [2.24, 2.45) is 0 Å². The molecule has 0 bridgehead atoms. The lowest BCUT2D eigenvalue weighted by Gasteiger charge is -2.05. The number of aromatic nitrogens is 1. The van der Waals surface area contributed by atoms with Gasteiger partial charge in [-0.15, -0.1) is 11.3 Å². The highest BCUT2D eigenvalue weighted by atomic mass is 79.9. The molecule has 1 heterocycles. The number of fused-ring (bicyclic) bond motifs is 1. The molecule has 2 nitrogen and oxygen atoms in total. The molecule has 0 aliphatic carbocycles. The zero-order valence-electron chi connectivity index (χ0n) is 9.46. The number of thiazole rings is 1. The molecule has 0 saturated carbocycles. The molecule has 0 aliphatic rings. The Morgan fingerprint density at radius 1 is 1.44 bits per heavy atom. The van der Waals surface area contributed by atoms with Crippen molar-refractivity contribution >= 4 is 37.5 Å². The predicted octanol–water partition coefficient (Wildman–Crippen LogP) is 3.60. The van der Waals surface area contributed by atoms with Gasteiger partial charge in [-0.2, -0.15) is 0 Å². The van der Waals surface area contributed by atoms with Crippen LogP contribution in [0.15, 0.2) is 22.7 Å². The largest absolute Gasteiger partial charge is 0.314 e. The van der Waals surface area contributed by atoms with Gasteiger partial charge in [0.2, 0.25) is 0 Å². The van der Waals surface area contributed by atoms with E-state index in [-0.39, 0.29) is 0 Å². The Morgan fingerprint density at radius 2 is 2.25 bits per heavy atom. The summed E-state index contributed by atoms with van der Waals surface area (Å²) in [5.74, 6) is 0. The number of nitrogens with one attached hydrogen (secondary N) is 1. The van der Waals surface area contributed by atoms with Gasteiger partial charge >= 0.3 is 0 Å². The Kier molecular flexibility index (Phi) is 3.95. The summed E-state index contributed by atoms with van der Waals surface area (Å²) < 4.78 is 2.38. The van der Waals surface area contributed by atoms with Gasteiger partial charge in [0.05, 0.1) is 15.2 Å². The monoisotopic (exact) mass is 298 g/mol. The molecule has 0 saturated heterocycles. The molecular weight excluding hydrogens is 284 g/mol. The summed E-state index contributed by atoms with van der Waals surface area (Å²) in [7, 11) is 0. The molecule has 1 aromatic carbocycles. The van der Waals surface area contributed by atoms with Gasteiger partial charge < -0.3 is 5.32 Å². The van der Waals surface area contributed by atoms with Crippen LogP contribution >= 0.6 is 27.3 Å². The average molecular weight is 299 g/mol. The first-order chi connectivity index (χ1) is 7.65. The Morgan fingerprint density at radius 3 is 3.00 bits per heavy atom. The molecule has 2 rings (SSSR count). The number of benzene rings is 1. The van der Waals surface area contributed by atoms with Crippen LogP contribution in [0.4, 0.5) is 0 Å². The fourth-order valence-electron chi connectivity index (χ4n) is 1.52. The van der Waals surface area contributed by atoms with Gasteiger partial charge in [0, 0.05) is 23.5 Å². The number of hydrogen-bond acceptors (Lipinski definition) is 3. The number of hydrogen-bond donors (Lipinski definition) is 1. The predicted molar refractivity (Wildman–Crippen MR) is 74.2 cm³/mol. The molecule has 0 aliphatic heterocycles. The van der Waals surface area contributed by atoms with Crippen molar-refractivity contribution in [2.45, 2.75) is 26.3 Å². The molecule has 1 N–H and O–H groups in total. The smallest absolute Gasteiger partial charge is 0.0951 e. The SMILES string of the molecule is CC(C)NCCc1nc2ccc(Br)cc2s1. The van der Waals surface area contributed by atoms with Crippen LogP contribution in [-0.4, -0.2) is 17.6 Å². The molecule has 2 aromatic rings. The second-order valence-corrected chi connectivity index (χ2v) is 6.11. The molecule has 0 spiro atoms. The molecule has 0 unspecified atom stereocenters. The number of halogens is 1. The van der Waals surface area contributed by atoms with E-state index in [1.807, 2.05) is 6.07 Å². The standard InChI is InChI=1S/C12H15BrN2S/c1-8(2)14-6-5-12-15-10-4-3-9(13)7-11(10)16-12/h3-4,7-8,14H,5-6H2,1-2H3. The van der Waals surface area contributed by atoms with Crippen molar-refractivity contribution in [1.29, 1.82) is 0 Å². The van der Waals surface area contributed by atoms with Crippen molar-refractivity contribution in [2.75, 3.05) is 6.54 Å². The molecule has 0 fully saturated rings. The van der Waals surface area contributed by atoms with E-state index in [4.69, 9.17) is 0 Å². The van der Waals surface area contributed by atoms with E-state index in [0.29, 0.717) is 6.04 Å². The van der Waals surface area contributed by atoms with Crippen molar-refractivity contribution < 1.29 is 0 Å². The number of nitrogens with zero attached hydrogens (tertiary/aromatic N) is 1. The molecule has 0 amide bonds. The summed E-state index contributed by atoms with van der Waals surface area (Å²) in [5, 5.41) is 4.62. The third-order valence-corrected chi connectivity index (χ3v) is 3.86. The van der Waals surface area contributed by atoms with Crippen LogP contribution in [-0.2, 0) is 6.42 Å². The van der Waals surface area contributed by atoms with E-state index >= 15 is 0 Å². The maximum Gasteiger partial charge on any atom is 0.0951 e. The highest BCUT2D eigenvalue weighted by Gasteiger charge is 2.04. The molecular formula is C12H15BrN2S. The topological polar surface area (TPSA) is 24.9 Å². The summed E-state index contributed by atoms with van der Waals surface area (Å²) in [6.07, 6.45) is 1.01. The lowest BCUT2D eigenvalue weighted by molar-refractivity contribution is 0.590. The molecule has 16 heavy (non-hydrogen) atoms. The van der Waals surface area contributed by atoms with Crippen LogP contribution in [0.3, 0.4) is 0 Å².